The monoisotopic (exact) mass is 329 g/mol. The van der Waals surface area contributed by atoms with E-state index in [0.29, 0.717) is 24.8 Å². The first kappa shape index (κ1) is 16.3. The van der Waals surface area contributed by atoms with Gasteiger partial charge in [0.25, 0.3) is 5.91 Å². The maximum atomic E-state index is 12.3. The van der Waals surface area contributed by atoms with Gasteiger partial charge < -0.3 is 19.5 Å². The third kappa shape index (κ3) is 3.84. The maximum absolute atomic E-state index is 12.3. The number of piperazine rings is 1. The zero-order valence-corrected chi connectivity index (χ0v) is 14.1. The highest BCUT2D eigenvalue weighted by molar-refractivity contribution is 5.91. The largest absolute Gasteiger partial charge is 0.459 e. The van der Waals surface area contributed by atoms with E-state index in [1.165, 1.54) is 6.26 Å². The molecule has 1 aliphatic rings. The lowest BCUT2D eigenvalue weighted by atomic mass is 10.2. The van der Waals surface area contributed by atoms with Gasteiger partial charge in [0.15, 0.2) is 5.76 Å². The van der Waals surface area contributed by atoms with Crippen LogP contribution in [0.15, 0.2) is 35.2 Å². The van der Waals surface area contributed by atoms with Crippen molar-refractivity contribution in [3.63, 3.8) is 0 Å². The summed E-state index contributed by atoms with van der Waals surface area (Å²) in [4.78, 5) is 24.9. The molecule has 3 rings (SSSR count). The summed E-state index contributed by atoms with van der Waals surface area (Å²) in [6.07, 6.45) is 3.11. The third-order valence-corrected chi connectivity index (χ3v) is 3.97. The van der Waals surface area contributed by atoms with Gasteiger partial charge in [0.05, 0.1) is 6.26 Å². The SMILES string of the molecule is CC(C)CNc1cc(N2CCN(C(=O)c3ccco3)CC2)ncn1. The molecule has 2 aromatic rings. The van der Waals surface area contributed by atoms with Crippen molar-refractivity contribution >= 4 is 17.5 Å². The zero-order valence-electron chi connectivity index (χ0n) is 14.1. The van der Waals surface area contributed by atoms with Gasteiger partial charge in [-0.15, -0.1) is 0 Å². The molecule has 0 unspecified atom stereocenters. The molecular weight excluding hydrogens is 306 g/mol. The fourth-order valence-corrected chi connectivity index (χ4v) is 2.62. The van der Waals surface area contributed by atoms with Gasteiger partial charge in [-0.3, -0.25) is 4.79 Å². The first-order valence-electron chi connectivity index (χ1n) is 8.27. The van der Waals surface area contributed by atoms with Crippen molar-refractivity contribution in [2.24, 2.45) is 5.92 Å². The molecule has 2 aromatic heterocycles. The topological polar surface area (TPSA) is 74.5 Å². The van der Waals surface area contributed by atoms with Crippen LogP contribution in [0.5, 0.6) is 0 Å². The number of anilines is 2. The molecule has 0 spiro atoms. The van der Waals surface area contributed by atoms with Crippen molar-refractivity contribution in [1.29, 1.82) is 0 Å². The molecule has 0 aliphatic carbocycles. The molecule has 0 atom stereocenters. The van der Waals surface area contributed by atoms with E-state index in [1.54, 1.807) is 18.5 Å². The van der Waals surface area contributed by atoms with Crippen LogP contribution in [-0.2, 0) is 0 Å². The number of nitrogens with one attached hydrogen (secondary N) is 1. The Morgan fingerprint density at radius 1 is 1.29 bits per heavy atom. The lowest BCUT2D eigenvalue weighted by Gasteiger charge is -2.35. The average Bonchev–Trinajstić information content (AvgIpc) is 3.14. The van der Waals surface area contributed by atoms with E-state index in [0.717, 1.165) is 31.3 Å². The first-order chi connectivity index (χ1) is 11.6. The molecule has 1 fully saturated rings. The molecule has 7 heteroatoms. The normalized spacial score (nSPS) is 15.0. The van der Waals surface area contributed by atoms with Crippen LogP contribution in [0.25, 0.3) is 0 Å². The van der Waals surface area contributed by atoms with Crippen molar-refractivity contribution in [3.05, 3.63) is 36.5 Å². The van der Waals surface area contributed by atoms with Gasteiger partial charge >= 0.3 is 0 Å². The van der Waals surface area contributed by atoms with Crippen LogP contribution in [0.2, 0.25) is 0 Å². The van der Waals surface area contributed by atoms with Gasteiger partial charge in [0, 0.05) is 38.8 Å². The Morgan fingerprint density at radius 3 is 2.75 bits per heavy atom. The van der Waals surface area contributed by atoms with Crippen molar-refractivity contribution < 1.29 is 9.21 Å². The van der Waals surface area contributed by atoms with Gasteiger partial charge in [-0.05, 0) is 18.1 Å². The summed E-state index contributed by atoms with van der Waals surface area (Å²) in [5.74, 6) is 2.62. The Balaban J connectivity index is 1.58. The molecule has 0 bridgehead atoms. The number of aromatic nitrogens is 2. The highest BCUT2D eigenvalue weighted by Crippen LogP contribution is 2.17. The van der Waals surface area contributed by atoms with Crippen molar-refractivity contribution in [2.75, 3.05) is 42.9 Å². The van der Waals surface area contributed by atoms with E-state index in [9.17, 15) is 4.79 Å². The van der Waals surface area contributed by atoms with E-state index < -0.39 is 0 Å². The zero-order chi connectivity index (χ0) is 16.9. The minimum atomic E-state index is -0.0540. The maximum Gasteiger partial charge on any atom is 0.289 e. The van der Waals surface area contributed by atoms with E-state index in [4.69, 9.17) is 4.42 Å². The highest BCUT2D eigenvalue weighted by Gasteiger charge is 2.24. The van der Waals surface area contributed by atoms with Crippen molar-refractivity contribution in [2.45, 2.75) is 13.8 Å². The number of hydrogen-bond acceptors (Lipinski definition) is 6. The molecule has 0 saturated carbocycles. The molecule has 0 radical (unpaired) electrons. The smallest absolute Gasteiger partial charge is 0.289 e. The lowest BCUT2D eigenvalue weighted by molar-refractivity contribution is 0.0714. The average molecular weight is 329 g/mol. The van der Waals surface area contributed by atoms with Crippen LogP contribution in [-0.4, -0.2) is 53.5 Å². The number of amides is 1. The second kappa shape index (κ2) is 7.33. The van der Waals surface area contributed by atoms with E-state index in [1.807, 2.05) is 11.0 Å². The second-order valence-corrected chi connectivity index (χ2v) is 6.29. The number of carbonyl (C=O) groups is 1. The number of carbonyl (C=O) groups excluding carboxylic acids is 1. The van der Waals surface area contributed by atoms with Crippen LogP contribution in [0.4, 0.5) is 11.6 Å². The van der Waals surface area contributed by atoms with Gasteiger partial charge in [-0.1, -0.05) is 13.8 Å². The molecular formula is C17H23N5O2. The molecule has 1 aliphatic heterocycles. The Kier molecular flexibility index (Phi) is 4.98. The Hall–Kier alpha value is -2.57. The summed E-state index contributed by atoms with van der Waals surface area (Å²) in [7, 11) is 0. The number of rotatable bonds is 5. The summed E-state index contributed by atoms with van der Waals surface area (Å²) >= 11 is 0. The van der Waals surface area contributed by atoms with Crippen LogP contribution >= 0.6 is 0 Å². The molecule has 128 valence electrons. The van der Waals surface area contributed by atoms with Gasteiger partial charge in [-0.25, -0.2) is 9.97 Å². The predicted octanol–water partition coefficient (Wildman–Crippen LogP) is 2.10. The molecule has 1 amide bonds. The van der Waals surface area contributed by atoms with E-state index >= 15 is 0 Å². The third-order valence-electron chi connectivity index (χ3n) is 3.97. The summed E-state index contributed by atoms with van der Waals surface area (Å²) in [6.45, 7) is 7.98. The minimum Gasteiger partial charge on any atom is -0.459 e. The Morgan fingerprint density at radius 2 is 2.08 bits per heavy atom. The number of furan rings is 1. The van der Waals surface area contributed by atoms with Crippen LogP contribution in [0.1, 0.15) is 24.4 Å². The highest BCUT2D eigenvalue weighted by atomic mass is 16.3. The minimum absolute atomic E-state index is 0.0540. The first-order valence-corrected chi connectivity index (χ1v) is 8.27. The standard InChI is InChI=1S/C17H23N5O2/c1-13(2)11-18-15-10-16(20-12-19-15)21-5-7-22(8-6-21)17(23)14-4-3-9-24-14/h3-4,9-10,12-13H,5-8,11H2,1-2H3,(H,18,19,20). The lowest BCUT2D eigenvalue weighted by Crippen LogP contribution is -2.49. The van der Waals surface area contributed by atoms with Crippen LogP contribution < -0.4 is 10.2 Å². The fourth-order valence-electron chi connectivity index (χ4n) is 2.62. The Labute approximate surface area is 141 Å². The molecule has 1 saturated heterocycles. The molecule has 1 N–H and O–H groups in total. The summed E-state index contributed by atoms with van der Waals surface area (Å²) in [5.41, 5.74) is 0. The molecule has 24 heavy (non-hydrogen) atoms. The van der Waals surface area contributed by atoms with Crippen LogP contribution in [0.3, 0.4) is 0 Å². The van der Waals surface area contributed by atoms with Gasteiger partial charge in [0.1, 0.15) is 18.0 Å². The van der Waals surface area contributed by atoms with Crippen molar-refractivity contribution in [1.82, 2.24) is 14.9 Å². The van der Waals surface area contributed by atoms with E-state index in [2.05, 4.69) is 34.0 Å². The molecule has 0 aromatic carbocycles. The fraction of sp³-hybridized carbons (Fsp3) is 0.471. The molecule has 7 nitrogen and oxygen atoms in total. The predicted molar refractivity (Wildman–Crippen MR) is 92.2 cm³/mol. The Bertz CT molecular complexity index is 663. The quantitative estimate of drug-likeness (QED) is 0.905. The van der Waals surface area contributed by atoms with Crippen molar-refractivity contribution in [3.8, 4) is 0 Å². The summed E-state index contributed by atoms with van der Waals surface area (Å²) < 4.78 is 5.19. The second-order valence-electron chi connectivity index (χ2n) is 6.29. The summed E-state index contributed by atoms with van der Waals surface area (Å²) in [6, 6.07) is 5.40. The van der Waals surface area contributed by atoms with Crippen LogP contribution in [0, 0.1) is 5.92 Å². The van der Waals surface area contributed by atoms with Gasteiger partial charge in [-0.2, -0.15) is 0 Å². The molecule has 3 heterocycles. The summed E-state index contributed by atoms with van der Waals surface area (Å²) in [5, 5.41) is 3.31. The van der Waals surface area contributed by atoms with Gasteiger partial charge in [0.2, 0.25) is 0 Å². The number of nitrogens with zero attached hydrogens (tertiary/aromatic N) is 4. The van der Waals surface area contributed by atoms with E-state index in [-0.39, 0.29) is 5.91 Å². The number of hydrogen-bond donors (Lipinski definition) is 1.